The van der Waals surface area contributed by atoms with Crippen molar-refractivity contribution >= 4 is 16.9 Å². The fourth-order valence-corrected chi connectivity index (χ4v) is 3.44. The van der Waals surface area contributed by atoms with Crippen molar-refractivity contribution in [1.29, 1.82) is 0 Å². The summed E-state index contributed by atoms with van der Waals surface area (Å²) < 4.78 is 7.50. The molecule has 0 spiro atoms. The molecule has 0 radical (unpaired) electrons. The van der Waals surface area contributed by atoms with Crippen LogP contribution in [0.1, 0.15) is 78.1 Å². The maximum absolute atomic E-state index is 11.2. The monoisotopic (exact) mass is 356 g/mol. The molecule has 3 nitrogen and oxygen atoms in total. The zero-order chi connectivity index (χ0) is 18.6. The average molecular weight is 357 g/mol. The first-order chi connectivity index (χ1) is 12.7. The number of pyridine rings is 1. The number of unbranched alkanes of at least 4 members (excludes halogenated alkanes) is 9. The summed E-state index contributed by atoms with van der Waals surface area (Å²) >= 11 is 0. The zero-order valence-corrected chi connectivity index (χ0v) is 16.5. The first-order valence-electron chi connectivity index (χ1n) is 10.3. The maximum Gasteiger partial charge on any atom is 0.308 e. The van der Waals surface area contributed by atoms with E-state index < -0.39 is 0 Å². The first-order valence-corrected chi connectivity index (χ1v) is 10.3. The summed E-state index contributed by atoms with van der Waals surface area (Å²) in [6, 6.07) is 10.0. The van der Waals surface area contributed by atoms with Crippen molar-refractivity contribution in [1.82, 2.24) is 0 Å². The van der Waals surface area contributed by atoms with Crippen LogP contribution in [0.15, 0.2) is 36.5 Å². The van der Waals surface area contributed by atoms with Gasteiger partial charge in [-0.3, -0.25) is 4.79 Å². The van der Waals surface area contributed by atoms with Crippen LogP contribution in [0.5, 0.6) is 5.75 Å². The van der Waals surface area contributed by atoms with E-state index in [1.165, 1.54) is 76.5 Å². The molecule has 0 aliphatic carbocycles. The van der Waals surface area contributed by atoms with E-state index in [1.54, 1.807) is 0 Å². The number of aromatic nitrogens is 1. The lowest BCUT2D eigenvalue weighted by Gasteiger charge is -2.05. The number of hydrogen-bond donors (Lipinski definition) is 0. The van der Waals surface area contributed by atoms with E-state index in [9.17, 15) is 4.79 Å². The highest BCUT2D eigenvalue weighted by molar-refractivity contribution is 5.78. The number of carbonyl (C=O) groups excluding carboxylic acids is 1. The van der Waals surface area contributed by atoms with Gasteiger partial charge >= 0.3 is 5.97 Å². The van der Waals surface area contributed by atoms with Crippen LogP contribution < -0.4 is 9.30 Å². The minimum atomic E-state index is -0.276. The molecule has 0 atom stereocenters. The number of carbonyl (C=O) groups is 1. The lowest BCUT2D eigenvalue weighted by Crippen LogP contribution is -2.34. The molecule has 0 amide bonds. The van der Waals surface area contributed by atoms with Gasteiger partial charge in [0.15, 0.2) is 6.20 Å². The lowest BCUT2D eigenvalue weighted by molar-refractivity contribution is -0.671. The van der Waals surface area contributed by atoms with E-state index in [0.29, 0.717) is 5.75 Å². The second kappa shape index (κ2) is 11.7. The van der Waals surface area contributed by atoms with Gasteiger partial charge in [0.05, 0.1) is 6.07 Å². The Labute approximate surface area is 158 Å². The van der Waals surface area contributed by atoms with E-state index >= 15 is 0 Å². The second-order valence-corrected chi connectivity index (χ2v) is 7.20. The Balaban J connectivity index is 1.75. The number of hydrogen-bond acceptors (Lipinski definition) is 2. The van der Waals surface area contributed by atoms with Gasteiger partial charge in [0.2, 0.25) is 5.52 Å². The molecule has 1 aromatic heterocycles. The van der Waals surface area contributed by atoms with E-state index in [-0.39, 0.29) is 5.97 Å². The van der Waals surface area contributed by atoms with Gasteiger partial charge in [0, 0.05) is 24.8 Å². The molecule has 0 fully saturated rings. The number of benzene rings is 1. The quantitative estimate of drug-likeness (QED) is 0.203. The van der Waals surface area contributed by atoms with Gasteiger partial charge < -0.3 is 4.74 Å². The standard InChI is InChI=1S/C23H34NO2/c1-3-4-5-6-7-8-9-10-11-12-17-24-18-13-14-21-15-16-22(19-23(21)24)26-20(2)25/h13-16,18-19H,3-12,17H2,1-2H3/q+1. The van der Waals surface area contributed by atoms with Crippen molar-refractivity contribution in [2.75, 3.05) is 0 Å². The van der Waals surface area contributed by atoms with E-state index in [1.807, 2.05) is 18.2 Å². The Hall–Kier alpha value is -1.90. The number of rotatable bonds is 12. The molecule has 0 unspecified atom stereocenters. The topological polar surface area (TPSA) is 30.2 Å². The number of aryl methyl sites for hydroxylation is 1. The molecule has 0 N–H and O–H groups in total. The third-order valence-electron chi connectivity index (χ3n) is 4.87. The molecule has 1 heterocycles. The molecule has 0 aliphatic rings. The molecule has 142 valence electrons. The van der Waals surface area contributed by atoms with Gasteiger partial charge in [-0.25, -0.2) is 0 Å². The van der Waals surface area contributed by atoms with Gasteiger partial charge in [-0.1, -0.05) is 58.3 Å². The van der Waals surface area contributed by atoms with Crippen LogP contribution in [0.25, 0.3) is 10.9 Å². The van der Waals surface area contributed by atoms with Crippen LogP contribution in [0.3, 0.4) is 0 Å². The van der Waals surface area contributed by atoms with E-state index in [4.69, 9.17) is 4.74 Å². The highest BCUT2D eigenvalue weighted by atomic mass is 16.5. The van der Waals surface area contributed by atoms with Gasteiger partial charge in [0.1, 0.15) is 12.3 Å². The molecule has 3 heteroatoms. The van der Waals surface area contributed by atoms with Crippen molar-refractivity contribution in [3.8, 4) is 5.75 Å². The predicted octanol–water partition coefficient (Wildman–Crippen LogP) is 5.97. The second-order valence-electron chi connectivity index (χ2n) is 7.20. The smallest absolute Gasteiger partial charge is 0.308 e. The summed E-state index contributed by atoms with van der Waals surface area (Å²) in [5.74, 6) is 0.342. The Morgan fingerprint density at radius 3 is 2.23 bits per heavy atom. The predicted molar refractivity (Wildman–Crippen MR) is 107 cm³/mol. The van der Waals surface area contributed by atoms with Crippen LogP contribution in [-0.4, -0.2) is 5.97 Å². The third kappa shape index (κ3) is 7.15. The molecule has 2 aromatic rings. The fraction of sp³-hybridized carbons (Fsp3) is 0.565. The summed E-state index contributed by atoms with van der Waals surface area (Å²) in [5, 5.41) is 1.18. The summed E-state index contributed by atoms with van der Waals surface area (Å²) in [6.07, 6.45) is 15.6. The highest BCUT2D eigenvalue weighted by Crippen LogP contribution is 2.18. The molecule has 1 aromatic carbocycles. The van der Waals surface area contributed by atoms with Gasteiger partial charge in [-0.2, -0.15) is 4.57 Å². The van der Waals surface area contributed by atoms with Gasteiger partial charge in [-0.15, -0.1) is 0 Å². The number of esters is 1. The Morgan fingerprint density at radius 1 is 0.923 bits per heavy atom. The molecule has 2 rings (SSSR count). The summed E-state index contributed by atoms with van der Waals surface area (Å²) in [5.41, 5.74) is 1.13. The van der Waals surface area contributed by atoms with Gasteiger partial charge in [0.25, 0.3) is 0 Å². The first kappa shape index (κ1) is 20.4. The van der Waals surface area contributed by atoms with Crippen molar-refractivity contribution in [2.45, 2.75) is 84.6 Å². The Bertz CT molecular complexity index is 681. The van der Waals surface area contributed by atoms with Crippen LogP contribution in [-0.2, 0) is 11.3 Å². The number of fused-ring (bicyclic) bond motifs is 1. The summed E-state index contributed by atoms with van der Waals surface area (Å²) in [6.45, 7) is 4.72. The van der Waals surface area contributed by atoms with E-state index in [2.05, 4.69) is 29.8 Å². The molecule has 26 heavy (non-hydrogen) atoms. The molecular weight excluding hydrogens is 322 g/mol. The number of nitrogens with zero attached hydrogens (tertiary/aromatic N) is 1. The molecule has 0 aliphatic heterocycles. The highest BCUT2D eigenvalue weighted by Gasteiger charge is 2.10. The Kier molecular flexibility index (Phi) is 9.16. The largest absolute Gasteiger partial charge is 0.426 e. The van der Waals surface area contributed by atoms with Crippen LogP contribution in [0, 0.1) is 0 Å². The minimum Gasteiger partial charge on any atom is -0.426 e. The van der Waals surface area contributed by atoms with Crippen LogP contribution in [0.4, 0.5) is 0 Å². The molecule has 0 saturated carbocycles. The third-order valence-corrected chi connectivity index (χ3v) is 4.87. The number of ether oxygens (including phenoxy) is 1. The Morgan fingerprint density at radius 2 is 1.58 bits per heavy atom. The zero-order valence-electron chi connectivity index (χ0n) is 16.5. The fourth-order valence-electron chi connectivity index (χ4n) is 3.44. The normalized spacial score (nSPS) is 11.0. The SMILES string of the molecule is CCCCCCCCCCCC[n+]1cccc2ccc(OC(C)=O)cc21. The lowest BCUT2D eigenvalue weighted by atomic mass is 10.1. The molecule has 0 saturated heterocycles. The minimum absolute atomic E-state index is 0.276. The maximum atomic E-state index is 11.2. The van der Waals surface area contributed by atoms with Crippen LogP contribution >= 0.6 is 0 Å². The summed E-state index contributed by atoms with van der Waals surface area (Å²) in [7, 11) is 0. The van der Waals surface area contributed by atoms with Crippen LogP contribution in [0.2, 0.25) is 0 Å². The average Bonchev–Trinajstić information content (AvgIpc) is 2.63. The molecule has 0 bridgehead atoms. The van der Waals surface area contributed by atoms with Crippen molar-refractivity contribution in [3.63, 3.8) is 0 Å². The van der Waals surface area contributed by atoms with Crippen molar-refractivity contribution in [2.24, 2.45) is 0 Å². The van der Waals surface area contributed by atoms with Gasteiger partial charge in [-0.05, 0) is 24.6 Å². The molecular formula is C23H34NO2+. The van der Waals surface area contributed by atoms with Crippen molar-refractivity contribution < 1.29 is 14.1 Å². The van der Waals surface area contributed by atoms with E-state index in [0.717, 1.165) is 12.1 Å². The summed E-state index contributed by atoms with van der Waals surface area (Å²) in [4.78, 5) is 11.2. The van der Waals surface area contributed by atoms with Crippen molar-refractivity contribution in [3.05, 3.63) is 36.5 Å².